The lowest BCUT2D eigenvalue weighted by Gasteiger charge is -2.44. The first-order valence-corrected chi connectivity index (χ1v) is 22.4. The third-order valence-corrected chi connectivity index (χ3v) is 10.9. The van der Waals surface area contributed by atoms with Crippen molar-refractivity contribution in [2.45, 2.75) is 185 Å². The summed E-state index contributed by atoms with van der Waals surface area (Å²) in [5.74, 6) is -0.488. The van der Waals surface area contributed by atoms with E-state index in [0.29, 0.717) is 12.8 Å². The number of ether oxygens (including phenoxy) is 5. The van der Waals surface area contributed by atoms with Crippen LogP contribution in [0.25, 0.3) is 0 Å². The monoisotopic (exact) mass is 789 g/mol. The molecule has 0 spiro atoms. The van der Waals surface area contributed by atoms with Gasteiger partial charge in [-0.1, -0.05) is 122 Å². The molecule has 0 amide bonds. The van der Waals surface area contributed by atoms with Crippen molar-refractivity contribution in [3.63, 3.8) is 0 Å². The Labute approximate surface area is 328 Å². The van der Waals surface area contributed by atoms with E-state index >= 15 is 0 Å². The van der Waals surface area contributed by atoms with Crippen LogP contribution in [0.15, 0.2) is 37.5 Å². The van der Waals surface area contributed by atoms with E-state index in [1.165, 1.54) is 89.9 Å². The fraction of sp³-hybridized carbons (Fsp3) is 0.833. The normalized spacial score (nSPS) is 21.0. The molecule has 316 valence electrons. The highest BCUT2D eigenvalue weighted by molar-refractivity contribution is 7.48. The highest BCUT2D eigenvalue weighted by Gasteiger charge is 2.52. The summed E-state index contributed by atoms with van der Waals surface area (Å²) in [7, 11) is -1.09. The second kappa shape index (κ2) is 33.7. The van der Waals surface area contributed by atoms with Gasteiger partial charge in [0.25, 0.3) is 0 Å². The number of phosphoric acid groups is 1. The number of methoxy groups -OCH3 is 2. The molecule has 6 atom stereocenters. The molecule has 0 saturated carbocycles. The van der Waals surface area contributed by atoms with Crippen LogP contribution in [-0.2, 0) is 46.6 Å². The van der Waals surface area contributed by atoms with Gasteiger partial charge in [0.2, 0.25) is 0 Å². The van der Waals surface area contributed by atoms with E-state index in [9.17, 15) is 14.5 Å². The number of aliphatic hydroxyl groups excluding tert-OH is 1. The molecule has 0 bridgehead atoms. The Morgan fingerprint density at radius 1 is 0.759 bits per heavy atom. The lowest BCUT2D eigenvalue weighted by molar-refractivity contribution is -0.297. The lowest BCUT2D eigenvalue weighted by Crippen LogP contribution is -2.61. The number of carbonyl (C=O) groups excluding carboxylic acids is 1. The number of phosphoric ester groups is 1. The maximum atomic E-state index is 13.8. The van der Waals surface area contributed by atoms with Crippen LogP contribution >= 0.6 is 7.82 Å². The van der Waals surface area contributed by atoms with Crippen molar-refractivity contribution < 1.29 is 51.7 Å². The minimum absolute atomic E-state index is 0.0422. The zero-order chi connectivity index (χ0) is 39.7. The standard InChI is InChI=1S/C42H77O11P/c1-7-11-13-15-16-17-18-19-20-21-22-23-24-26-28-30-38(43)52-41-40(48-34-31-36(47-6)29-27-25-14-12-8-2)39(37(35-46-5)51-42(41)44)53-54(45,49-32-9-3)50-33-10-4/h9-10,17-18,36-37,39-42,44H,3-4,7-8,11-16,19-35H2,1-2,5-6H3/t36-,37-,39-,40+,41-,42+/m1/s1. The Hall–Kier alpha value is -1.40. The van der Waals surface area contributed by atoms with Gasteiger partial charge in [0.05, 0.1) is 25.9 Å². The van der Waals surface area contributed by atoms with Gasteiger partial charge in [-0.15, -0.1) is 13.2 Å². The fourth-order valence-corrected chi connectivity index (χ4v) is 7.74. The van der Waals surface area contributed by atoms with Gasteiger partial charge in [0.1, 0.15) is 18.3 Å². The summed E-state index contributed by atoms with van der Waals surface area (Å²) >= 11 is 0. The molecule has 12 heteroatoms. The van der Waals surface area contributed by atoms with E-state index in [1.807, 2.05) is 0 Å². The number of hydrogen-bond donors (Lipinski definition) is 1. The van der Waals surface area contributed by atoms with Gasteiger partial charge in [0.15, 0.2) is 12.4 Å². The SMILES string of the molecule is C=CCOP(=O)(OCC=C)O[C@H]1[C@H](OCC[C@@H](CCCCCCC)OC)[C@@H](OC(=O)CCCCCCCCCC=CCCCCCC)[C@@H](O)O[C@@H]1COC. The third-order valence-electron chi connectivity index (χ3n) is 9.52. The third kappa shape index (κ3) is 23.6. The molecular weight excluding hydrogens is 711 g/mol. The minimum atomic E-state index is -4.24. The molecule has 1 saturated heterocycles. The van der Waals surface area contributed by atoms with Crippen molar-refractivity contribution in [3.8, 4) is 0 Å². The number of rotatable bonds is 37. The average Bonchev–Trinajstić information content (AvgIpc) is 3.16. The van der Waals surface area contributed by atoms with Crippen molar-refractivity contribution in [2.75, 3.05) is 40.6 Å². The Morgan fingerprint density at radius 2 is 1.31 bits per heavy atom. The van der Waals surface area contributed by atoms with Crippen LogP contribution in [0.2, 0.25) is 0 Å². The molecule has 1 rings (SSSR count). The zero-order valence-electron chi connectivity index (χ0n) is 34.3. The van der Waals surface area contributed by atoms with E-state index in [0.717, 1.165) is 44.9 Å². The minimum Gasteiger partial charge on any atom is -0.454 e. The number of hydrogen-bond acceptors (Lipinski definition) is 11. The molecular formula is C42H77O11P. The summed E-state index contributed by atoms with van der Waals surface area (Å²) in [5, 5.41) is 11.2. The van der Waals surface area contributed by atoms with Crippen LogP contribution in [-0.4, -0.2) is 88.5 Å². The Balaban J connectivity index is 2.86. The Bertz CT molecular complexity index is 993. The number of allylic oxidation sites excluding steroid dienone is 2. The zero-order valence-corrected chi connectivity index (χ0v) is 35.2. The van der Waals surface area contributed by atoms with Gasteiger partial charge in [0, 0.05) is 27.2 Å². The van der Waals surface area contributed by atoms with Crippen molar-refractivity contribution in [3.05, 3.63) is 37.5 Å². The second-order valence-corrected chi connectivity index (χ2v) is 15.8. The molecule has 1 heterocycles. The molecule has 0 aliphatic carbocycles. The number of unbranched alkanes of at least 4 members (excludes halogenated alkanes) is 15. The summed E-state index contributed by atoms with van der Waals surface area (Å²) in [6.45, 7) is 11.6. The number of aliphatic hydroxyl groups is 1. The van der Waals surface area contributed by atoms with Crippen LogP contribution in [0, 0.1) is 0 Å². The number of esters is 1. The maximum absolute atomic E-state index is 13.8. The Kier molecular flexibility index (Phi) is 31.6. The second-order valence-electron chi connectivity index (χ2n) is 14.2. The van der Waals surface area contributed by atoms with Crippen LogP contribution in [0.4, 0.5) is 0 Å². The first-order chi connectivity index (χ1) is 26.3. The summed E-state index contributed by atoms with van der Waals surface area (Å²) in [4.78, 5) is 13.2. The maximum Gasteiger partial charge on any atom is 0.475 e. The molecule has 1 aliphatic heterocycles. The van der Waals surface area contributed by atoms with Gasteiger partial charge in [-0.3, -0.25) is 18.4 Å². The van der Waals surface area contributed by atoms with E-state index in [4.69, 9.17) is 37.3 Å². The van der Waals surface area contributed by atoms with Crippen LogP contribution in [0.1, 0.15) is 149 Å². The molecule has 0 aromatic rings. The van der Waals surface area contributed by atoms with Gasteiger partial charge in [-0.05, 0) is 44.9 Å². The predicted octanol–water partition coefficient (Wildman–Crippen LogP) is 10.3. The van der Waals surface area contributed by atoms with Crippen LogP contribution in [0.3, 0.4) is 0 Å². The topological polar surface area (TPSA) is 128 Å². The lowest BCUT2D eigenvalue weighted by atomic mass is 9.98. The van der Waals surface area contributed by atoms with E-state index < -0.39 is 44.5 Å². The largest absolute Gasteiger partial charge is 0.475 e. The summed E-state index contributed by atoms with van der Waals surface area (Å²) < 4.78 is 59.9. The molecule has 0 radical (unpaired) electrons. The molecule has 1 aliphatic rings. The van der Waals surface area contributed by atoms with E-state index in [1.54, 1.807) is 7.11 Å². The van der Waals surface area contributed by atoms with Crippen LogP contribution < -0.4 is 0 Å². The van der Waals surface area contributed by atoms with Gasteiger partial charge in [-0.2, -0.15) is 0 Å². The van der Waals surface area contributed by atoms with E-state index in [-0.39, 0.29) is 39.0 Å². The number of carbonyl (C=O) groups is 1. The molecule has 0 aromatic heterocycles. The van der Waals surface area contributed by atoms with Crippen molar-refractivity contribution in [1.29, 1.82) is 0 Å². The summed E-state index contributed by atoms with van der Waals surface area (Å²) in [6, 6.07) is 0. The average molecular weight is 789 g/mol. The molecule has 11 nitrogen and oxygen atoms in total. The van der Waals surface area contributed by atoms with Gasteiger partial charge in [-0.25, -0.2) is 4.57 Å². The van der Waals surface area contributed by atoms with E-state index in [2.05, 4.69) is 39.2 Å². The molecule has 0 unspecified atom stereocenters. The van der Waals surface area contributed by atoms with Gasteiger partial charge < -0.3 is 28.8 Å². The predicted molar refractivity (Wildman–Crippen MR) is 215 cm³/mol. The smallest absolute Gasteiger partial charge is 0.454 e. The van der Waals surface area contributed by atoms with Gasteiger partial charge >= 0.3 is 13.8 Å². The first-order valence-electron chi connectivity index (χ1n) is 20.9. The van der Waals surface area contributed by atoms with Crippen molar-refractivity contribution in [2.24, 2.45) is 0 Å². The first kappa shape index (κ1) is 50.6. The Morgan fingerprint density at radius 3 is 1.89 bits per heavy atom. The molecule has 0 aromatic carbocycles. The van der Waals surface area contributed by atoms with Crippen molar-refractivity contribution >= 4 is 13.8 Å². The molecule has 1 N–H and O–H groups in total. The summed E-state index contributed by atoms with van der Waals surface area (Å²) in [6.07, 6.45) is 23.7. The van der Waals surface area contributed by atoms with Crippen LogP contribution in [0.5, 0.6) is 0 Å². The molecule has 1 fully saturated rings. The summed E-state index contributed by atoms with van der Waals surface area (Å²) in [5.41, 5.74) is 0. The highest BCUT2D eigenvalue weighted by atomic mass is 31.2. The highest BCUT2D eigenvalue weighted by Crippen LogP contribution is 2.52. The van der Waals surface area contributed by atoms with Crippen molar-refractivity contribution in [1.82, 2.24) is 0 Å². The quantitative estimate of drug-likeness (QED) is 0.0280. The molecule has 54 heavy (non-hydrogen) atoms. The fourth-order valence-electron chi connectivity index (χ4n) is 6.41.